The number of carbonyl (C=O) groups excluding carboxylic acids is 1. The van der Waals surface area contributed by atoms with E-state index in [4.69, 9.17) is 10.2 Å². The number of hydrogen-bond acceptors (Lipinski definition) is 6. The van der Waals surface area contributed by atoms with Gasteiger partial charge in [0.25, 0.3) is 0 Å². The van der Waals surface area contributed by atoms with Gasteiger partial charge < -0.3 is 20.8 Å². The van der Waals surface area contributed by atoms with Crippen molar-refractivity contribution >= 4 is 11.9 Å². The fourth-order valence-corrected chi connectivity index (χ4v) is 0.958. The molecule has 0 bridgehead atoms. The number of carbonyl (C=O) groups is 1. The summed E-state index contributed by atoms with van der Waals surface area (Å²) in [5.74, 6) is 0.462. The Balaban J connectivity index is 2.28. The van der Waals surface area contributed by atoms with Crippen LogP contribution in [0.1, 0.15) is 12.3 Å². The summed E-state index contributed by atoms with van der Waals surface area (Å²) in [6.07, 6.45) is 0.926. The van der Waals surface area contributed by atoms with Gasteiger partial charge in [-0.25, -0.2) is 0 Å². The van der Waals surface area contributed by atoms with Crippen LogP contribution in [0.5, 0.6) is 0 Å². The first-order valence-corrected chi connectivity index (χ1v) is 4.73. The van der Waals surface area contributed by atoms with Crippen molar-refractivity contribution in [1.82, 2.24) is 15.5 Å². The molecule has 84 valence electrons. The summed E-state index contributed by atoms with van der Waals surface area (Å²) < 4.78 is 5.19. The molecule has 0 aliphatic carbocycles. The van der Waals surface area contributed by atoms with Crippen LogP contribution in [0.25, 0.3) is 0 Å². The number of aromatic nitrogens is 2. The minimum atomic E-state index is -0.0378. The normalized spacial score (nSPS) is 10.0. The van der Waals surface area contributed by atoms with Crippen LogP contribution in [-0.2, 0) is 11.2 Å². The average Bonchev–Trinajstić information content (AvgIpc) is 2.66. The third-order valence-corrected chi connectivity index (χ3v) is 1.73. The number of rotatable bonds is 6. The van der Waals surface area contributed by atoms with E-state index in [0.29, 0.717) is 37.8 Å². The van der Waals surface area contributed by atoms with Crippen LogP contribution in [0, 0.1) is 0 Å². The molecule has 0 atom stereocenters. The quantitative estimate of drug-likeness (QED) is 0.566. The van der Waals surface area contributed by atoms with E-state index in [9.17, 15) is 4.79 Å². The first-order chi connectivity index (χ1) is 7.26. The second-order valence-corrected chi connectivity index (χ2v) is 2.89. The molecule has 0 radical (unpaired) electrons. The lowest BCUT2D eigenvalue weighted by molar-refractivity contribution is -0.120. The summed E-state index contributed by atoms with van der Waals surface area (Å²) in [5.41, 5.74) is 5.33. The molecule has 1 aromatic rings. The molecule has 0 aromatic carbocycles. The van der Waals surface area contributed by atoms with Crippen molar-refractivity contribution in [3.05, 3.63) is 5.89 Å². The third-order valence-electron chi connectivity index (χ3n) is 1.73. The standard InChI is InChI=1S/C8H15N5O2/c1-10-6(14)3-5-11-8-13-12-7(15-8)2-4-9/h2-5,9H2,1H3,(H,10,14)(H,11,13). The van der Waals surface area contributed by atoms with E-state index in [1.807, 2.05) is 0 Å². The van der Waals surface area contributed by atoms with E-state index >= 15 is 0 Å². The van der Waals surface area contributed by atoms with Gasteiger partial charge in [0.2, 0.25) is 11.8 Å². The van der Waals surface area contributed by atoms with Gasteiger partial charge in [0.15, 0.2) is 0 Å². The zero-order valence-electron chi connectivity index (χ0n) is 8.62. The molecule has 0 spiro atoms. The predicted molar refractivity (Wildman–Crippen MR) is 54.2 cm³/mol. The number of nitrogens with two attached hydrogens (primary N) is 1. The van der Waals surface area contributed by atoms with Crippen molar-refractivity contribution in [3.63, 3.8) is 0 Å². The second-order valence-electron chi connectivity index (χ2n) is 2.89. The Morgan fingerprint density at radius 2 is 2.33 bits per heavy atom. The van der Waals surface area contributed by atoms with Crippen molar-refractivity contribution < 1.29 is 9.21 Å². The molecule has 7 heteroatoms. The summed E-state index contributed by atoms with van der Waals surface area (Å²) in [7, 11) is 1.59. The van der Waals surface area contributed by atoms with Crippen LogP contribution in [0.2, 0.25) is 0 Å². The highest BCUT2D eigenvalue weighted by Crippen LogP contribution is 2.04. The molecule has 1 aromatic heterocycles. The maximum absolute atomic E-state index is 10.9. The predicted octanol–water partition coefficient (Wildman–Crippen LogP) is -0.881. The molecule has 15 heavy (non-hydrogen) atoms. The van der Waals surface area contributed by atoms with E-state index in [0.717, 1.165) is 0 Å². The topological polar surface area (TPSA) is 106 Å². The van der Waals surface area contributed by atoms with E-state index in [1.165, 1.54) is 0 Å². The fraction of sp³-hybridized carbons (Fsp3) is 0.625. The summed E-state index contributed by atoms with van der Waals surface area (Å²) >= 11 is 0. The molecule has 0 saturated carbocycles. The minimum absolute atomic E-state index is 0.0378. The fourth-order valence-electron chi connectivity index (χ4n) is 0.958. The highest BCUT2D eigenvalue weighted by molar-refractivity contribution is 5.75. The summed E-state index contributed by atoms with van der Waals surface area (Å²) in [5, 5.41) is 12.9. The number of nitrogens with one attached hydrogen (secondary N) is 2. The number of nitrogens with zero attached hydrogens (tertiary/aromatic N) is 2. The molecule has 0 unspecified atom stereocenters. The summed E-state index contributed by atoms with van der Waals surface area (Å²) in [4.78, 5) is 10.9. The van der Waals surface area contributed by atoms with Crippen LogP contribution in [0.4, 0.5) is 6.01 Å². The Labute approximate surface area is 87.4 Å². The maximum Gasteiger partial charge on any atom is 0.315 e. The van der Waals surface area contributed by atoms with Crippen LogP contribution in [-0.4, -0.2) is 36.2 Å². The Morgan fingerprint density at radius 1 is 1.53 bits per heavy atom. The second kappa shape index (κ2) is 5.97. The molecule has 0 saturated heterocycles. The highest BCUT2D eigenvalue weighted by atomic mass is 16.4. The van der Waals surface area contributed by atoms with Gasteiger partial charge >= 0.3 is 6.01 Å². The van der Waals surface area contributed by atoms with Gasteiger partial charge in [-0.1, -0.05) is 5.10 Å². The SMILES string of the molecule is CNC(=O)CCNc1nnc(CCN)o1. The summed E-state index contributed by atoms with van der Waals surface area (Å²) in [6.45, 7) is 0.934. The molecule has 0 aliphatic rings. The van der Waals surface area contributed by atoms with Crippen LogP contribution in [0.15, 0.2) is 4.42 Å². The molecule has 4 N–H and O–H groups in total. The van der Waals surface area contributed by atoms with Gasteiger partial charge in [0.1, 0.15) is 0 Å². The van der Waals surface area contributed by atoms with E-state index < -0.39 is 0 Å². The van der Waals surface area contributed by atoms with E-state index in [1.54, 1.807) is 7.05 Å². The van der Waals surface area contributed by atoms with Gasteiger partial charge in [-0.15, -0.1) is 5.10 Å². The zero-order chi connectivity index (χ0) is 11.1. The van der Waals surface area contributed by atoms with Gasteiger partial charge in [-0.05, 0) is 0 Å². The Hall–Kier alpha value is -1.63. The lowest BCUT2D eigenvalue weighted by atomic mass is 10.4. The highest BCUT2D eigenvalue weighted by Gasteiger charge is 2.04. The zero-order valence-corrected chi connectivity index (χ0v) is 8.62. The average molecular weight is 213 g/mol. The summed E-state index contributed by atoms with van der Waals surface area (Å²) in [6, 6.07) is 0.322. The first kappa shape index (κ1) is 11.4. The largest absolute Gasteiger partial charge is 0.408 e. The third kappa shape index (κ3) is 3.94. The first-order valence-electron chi connectivity index (χ1n) is 4.73. The van der Waals surface area contributed by atoms with Crippen molar-refractivity contribution in [2.24, 2.45) is 5.73 Å². The molecule has 7 nitrogen and oxygen atoms in total. The van der Waals surface area contributed by atoms with Gasteiger partial charge in [-0.3, -0.25) is 4.79 Å². The molecular weight excluding hydrogens is 198 g/mol. The van der Waals surface area contributed by atoms with Crippen molar-refractivity contribution in [1.29, 1.82) is 0 Å². The van der Waals surface area contributed by atoms with E-state index in [2.05, 4.69) is 20.8 Å². The molecule has 0 fully saturated rings. The van der Waals surface area contributed by atoms with Crippen molar-refractivity contribution in [2.75, 3.05) is 25.5 Å². The minimum Gasteiger partial charge on any atom is -0.408 e. The smallest absolute Gasteiger partial charge is 0.315 e. The van der Waals surface area contributed by atoms with Crippen LogP contribution >= 0.6 is 0 Å². The van der Waals surface area contributed by atoms with Crippen LogP contribution < -0.4 is 16.4 Å². The maximum atomic E-state index is 10.9. The van der Waals surface area contributed by atoms with Gasteiger partial charge in [-0.2, -0.15) is 0 Å². The molecule has 1 rings (SSSR count). The Kier molecular flexibility index (Phi) is 4.55. The monoisotopic (exact) mass is 213 g/mol. The van der Waals surface area contributed by atoms with Crippen molar-refractivity contribution in [2.45, 2.75) is 12.8 Å². The Bertz CT molecular complexity index is 312. The molecule has 1 amide bonds. The molecule has 1 heterocycles. The molecular formula is C8H15N5O2. The lowest BCUT2D eigenvalue weighted by Gasteiger charge is -1.99. The molecule has 0 aliphatic heterocycles. The van der Waals surface area contributed by atoms with E-state index in [-0.39, 0.29) is 5.91 Å². The van der Waals surface area contributed by atoms with Gasteiger partial charge in [0.05, 0.1) is 0 Å². The Morgan fingerprint density at radius 3 is 3.00 bits per heavy atom. The van der Waals surface area contributed by atoms with Gasteiger partial charge in [0, 0.05) is 33.0 Å². The van der Waals surface area contributed by atoms with Crippen molar-refractivity contribution in [3.8, 4) is 0 Å². The number of amides is 1. The number of hydrogen-bond donors (Lipinski definition) is 3. The van der Waals surface area contributed by atoms with Crippen LogP contribution in [0.3, 0.4) is 0 Å². The lowest BCUT2D eigenvalue weighted by Crippen LogP contribution is -2.20. The number of anilines is 1.